The number of methoxy groups -OCH3 is 1. The lowest BCUT2D eigenvalue weighted by molar-refractivity contribution is 0.409. The molecule has 0 aliphatic carbocycles. The summed E-state index contributed by atoms with van der Waals surface area (Å²) >= 11 is 0. The van der Waals surface area contributed by atoms with Crippen LogP contribution in [-0.2, 0) is 16.4 Å². The highest BCUT2D eigenvalue weighted by Crippen LogP contribution is 2.17. The lowest BCUT2D eigenvalue weighted by Gasteiger charge is -2.08. The number of ether oxygens (including phenoxy) is 1. The zero-order valence-electron chi connectivity index (χ0n) is 10.5. The van der Waals surface area contributed by atoms with Crippen LogP contribution in [0.15, 0.2) is 41.6 Å². The molecule has 0 amide bonds. The number of hydrogen-bond acceptors (Lipinski definition) is 4. The fourth-order valence-electron chi connectivity index (χ4n) is 1.70. The smallest absolute Gasteiger partial charge is 0.257 e. The maximum absolute atomic E-state index is 11.8. The van der Waals surface area contributed by atoms with E-state index in [1.54, 1.807) is 7.11 Å². The number of aromatic amines is 1. The first kappa shape index (κ1) is 13.6. The SMILES string of the molecule is COc1ccccc1CCNS(=O)(=O)c1ccn[nH]1. The summed E-state index contributed by atoms with van der Waals surface area (Å²) in [4.78, 5) is 0. The molecule has 0 bridgehead atoms. The Labute approximate surface area is 111 Å². The van der Waals surface area contributed by atoms with E-state index in [1.807, 2.05) is 24.3 Å². The molecule has 0 fully saturated rings. The predicted molar refractivity (Wildman–Crippen MR) is 70.5 cm³/mol. The summed E-state index contributed by atoms with van der Waals surface area (Å²) in [6.45, 7) is 0.293. The number of para-hydroxylation sites is 1. The number of nitrogens with zero attached hydrogens (tertiary/aromatic N) is 1. The van der Waals surface area contributed by atoms with Crippen LogP contribution in [0.1, 0.15) is 5.56 Å². The molecule has 2 aromatic rings. The lowest BCUT2D eigenvalue weighted by Crippen LogP contribution is -2.26. The van der Waals surface area contributed by atoms with Gasteiger partial charge in [0.15, 0.2) is 5.03 Å². The van der Waals surface area contributed by atoms with Gasteiger partial charge in [-0.3, -0.25) is 5.10 Å². The average molecular weight is 281 g/mol. The molecule has 102 valence electrons. The molecule has 0 radical (unpaired) electrons. The largest absolute Gasteiger partial charge is 0.496 e. The Kier molecular flexibility index (Phi) is 4.18. The van der Waals surface area contributed by atoms with Gasteiger partial charge in [-0.15, -0.1) is 0 Å². The molecular weight excluding hydrogens is 266 g/mol. The Balaban J connectivity index is 1.97. The molecule has 0 unspecified atom stereocenters. The zero-order chi connectivity index (χ0) is 13.7. The van der Waals surface area contributed by atoms with Crippen LogP contribution in [0.4, 0.5) is 0 Å². The number of rotatable bonds is 6. The van der Waals surface area contributed by atoms with Crippen LogP contribution in [0.2, 0.25) is 0 Å². The van der Waals surface area contributed by atoms with E-state index in [9.17, 15) is 8.42 Å². The summed E-state index contributed by atoms with van der Waals surface area (Å²) in [6, 6.07) is 8.92. The maximum Gasteiger partial charge on any atom is 0.257 e. The molecule has 7 heteroatoms. The van der Waals surface area contributed by atoms with Crippen LogP contribution < -0.4 is 9.46 Å². The van der Waals surface area contributed by atoms with E-state index in [0.29, 0.717) is 13.0 Å². The van der Waals surface area contributed by atoms with E-state index in [0.717, 1.165) is 11.3 Å². The minimum atomic E-state index is -3.52. The first-order chi connectivity index (χ1) is 9.13. The number of hydrogen-bond donors (Lipinski definition) is 2. The highest BCUT2D eigenvalue weighted by atomic mass is 32.2. The minimum Gasteiger partial charge on any atom is -0.496 e. The van der Waals surface area contributed by atoms with Gasteiger partial charge in [-0.1, -0.05) is 18.2 Å². The van der Waals surface area contributed by atoms with Crippen LogP contribution in [0.5, 0.6) is 5.75 Å². The van der Waals surface area contributed by atoms with Gasteiger partial charge >= 0.3 is 0 Å². The summed E-state index contributed by atoms with van der Waals surface area (Å²) in [7, 11) is -1.92. The van der Waals surface area contributed by atoms with E-state index in [1.165, 1.54) is 12.3 Å². The second kappa shape index (κ2) is 5.85. The third-order valence-electron chi connectivity index (χ3n) is 2.64. The van der Waals surface area contributed by atoms with Crippen LogP contribution in [0.25, 0.3) is 0 Å². The van der Waals surface area contributed by atoms with Crippen molar-refractivity contribution in [3.63, 3.8) is 0 Å². The molecule has 1 aromatic carbocycles. The van der Waals surface area contributed by atoms with Crippen molar-refractivity contribution in [2.75, 3.05) is 13.7 Å². The molecule has 0 aliphatic heterocycles. The Morgan fingerprint density at radius 1 is 1.32 bits per heavy atom. The van der Waals surface area contributed by atoms with Gasteiger partial charge in [0.25, 0.3) is 10.0 Å². The topological polar surface area (TPSA) is 84.1 Å². The number of aromatic nitrogens is 2. The number of sulfonamides is 1. The van der Waals surface area contributed by atoms with Crippen molar-refractivity contribution >= 4 is 10.0 Å². The third kappa shape index (κ3) is 3.33. The van der Waals surface area contributed by atoms with E-state index >= 15 is 0 Å². The molecule has 2 rings (SSSR count). The molecule has 6 nitrogen and oxygen atoms in total. The van der Waals surface area contributed by atoms with E-state index in [-0.39, 0.29) is 5.03 Å². The summed E-state index contributed by atoms with van der Waals surface area (Å²) in [5.41, 5.74) is 0.956. The van der Waals surface area contributed by atoms with Crippen LogP contribution >= 0.6 is 0 Å². The Morgan fingerprint density at radius 3 is 2.79 bits per heavy atom. The van der Waals surface area contributed by atoms with Gasteiger partial charge in [0.1, 0.15) is 5.75 Å². The number of benzene rings is 1. The standard InChI is InChI=1S/C12H15N3O3S/c1-18-11-5-3-2-4-10(11)6-9-14-19(16,17)12-7-8-13-15-12/h2-5,7-8,14H,6,9H2,1H3,(H,13,15). The van der Waals surface area contributed by atoms with Crippen molar-refractivity contribution in [2.24, 2.45) is 0 Å². The molecule has 0 spiro atoms. The second-order valence-corrected chi connectivity index (χ2v) is 5.62. The van der Waals surface area contributed by atoms with Crippen molar-refractivity contribution < 1.29 is 13.2 Å². The molecule has 0 atom stereocenters. The van der Waals surface area contributed by atoms with Crippen molar-refractivity contribution in [2.45, 2.75) is 11.4 Å². The number of H-pyrrole nitrogens is 1. The maximum atomic E-state index is 11.8. The van der Waals surface area contributed by atoms with Gasteiger partial charge in [0.2, 0.25) is 0 Å². The first-order valence-corrected chi connectivity index (χ1v) is 7.23. The third-order valence-corrected chi connectivity index (χ3v) is 4.03. The van der Waals surface area contributed by atoms with Crippen molar-refractivity contribution in [1.29, 1.82) is 0 Å². The number of nitrogens with one attached hydrogen (secondary N) is 2. The lowest BCUT2D eigenvalue weighted by atomic mass is 10.1. The fourth-order valence-corrected chi connectivity index (χ4v) is 2.64. The summed E-state index contributed by atoms with van der Waals surface area (Å²) < 4.78 is 31.4. The second-order valence-electron chi connectivity index (χ2n) is 3.88. The van der Waals surface area contributed by atoms with Crippen LogP contribution in [0.3, 0.4) is 0 Å². The molecule has 1 aromatic heterocycles. The zero-order valence-corrected chi connectivity index (χ0v) is 11.3. The fraction of sp³-hybridized carbons (Fsp3) is 0.250. The normalized spacial score (nSPS) is 11.4. The predicted octanol–water partition coefficient (Wildman–Crippen LogP) is 0.939. The average Bonchev–Trinajstić information content (AvgIpc) is 2.94. The summed E-state index contributed by atoms with van der Waals surface area (Å²) in [6.07, 6.45) is 1.95. The molecule has 0 aliphatic rings. The van der Waals surface area contributed by atoms with E-state index in [2.05, 4.69) is 14.9 Å². The Hall–Kier alpha value is -1.86. The van der Waals surface area contributed by atoms with E-state index < -0.39 is 10.0 Å². The van der Waals surface area contributed by atoms with Crippen molar-refractivity contribution in [1.82, 2.24) is 14.9 Å². The molecule has 19 heavy (non-hydrogen) atoms. The monoisotopic (exact) mass is 281 g/mol. The first-order valence-electron chi connectivity index (χ1n) is 5.74. The minimum absolute atomic E-state index is 0.0625. The van der Waals surface area contributed by atoms with Crippen LogP contribution in [-0.4, -0.2) is 32.3 Å². The van der Waals surface area contributed by atoms with Gasteiger partial charge in [0.05, 0.1) is 13.3 Å². The van der Waals surface area contributed by atoms with Gasteiger partial charge in [0, 0.05) is 6.54 Å². The highest BCUT2D eigenvalue weighted by Gasteiger charge is 2.14. The quantitative estimate of drug-likeness (QED) is 0.825. The van der Waals surface area contributed by atoms with Gasteiger partial charge in [-0.2, -0.15) is 5.10 Å². The van der Waals surface area contributed by atoms with Crippen molar-refractivity contribution in [3.8, 4) is 5.75 Å². The van der Waals surface area contributed by atoms with Gasteiger partial charge in [-0.05, 0) is 24.1 Å². The molecular formula is C12H15N3O3S. The van der Waals surface area contributed by atoms with E-state index in [4.69, 9.17) is 4.74 Å². The van der Waals surface area contributed by atoms with Crippen molar-refractivity contribution in [3.05, 3.63) is 42.1 Å². The summed E-state index contributed by atoms with van der Waals surface area (Å²) in [5, 5.41) is 6.10. The molecule has 1 heterocycles. The Bertz CT molecular complexity index is 623. The summed E-state index contributed by atoms with van der Waals surface area (Å²) in [5.74, 6) is 0.753. The van der Waals surface area contributed by atoms with Gasteiger partial charge in [-0.25, -0.2) is 13.1 Å². The van der Waals surface area contributed by atoms with Gasteiger partial charge < -0.3 is 4.74 Å². The molecule has 2 N–H and O–H groups in total. The molecule has 0 saturated carbocycles. The van der Waals surface area contributed by atoms with Crippen LogP contribution in [0, 0.1) is 0 Å². The highest BCUT2D eigenvalue weighted by molar-refractivity contribution is 7.89. The Morgan fingerprint density at radius 2 is 2.11 bits per heavy atom. The molecule has 0 saturated heterocycles.